The highest BCUT2D eigenvalue weighted by Gasteiger charge is 2.37. The first-order chi connectivity index (χ1) is 11.7. The third kappa shape index (κ3) is 2.98. The Morgan fingerprint density at radius 1 is 1.42 bits per heavy atom. The van der Waals surface area contributed by atoms with Crippen LogP contribution < -0.4 is 4.74 Å². The molecular weight excluding hydrogens is 308 g/mol. The van der Waals surface area contributed by atoms with Crippen LogP contribution in [0.2, 0.25) is 0 Å². The number of aromatic nitrogens is 3. The van der Waals surface area contributed by atoms with E-state index in [9.17, 15) is 4.79 Å². The van der Waals surface area contributed by atoms with Gasteiger partial charge >= 0.3 is 0 Å². The van der Waals surface area contributed by atoms with Crippen LogP contribution in [-0.2, 0) is 4.79 Å². The van der Waals surface area contributed by atoms with Crippen molar-refractivity contribution in [2.45, 2.75) is 50.7 Å². The fourth-order valence-electron chi connectivity index (χ4n) is 3.08. The van der Waals surface area contributed by atoms with Crippen molar-refractivity contribution in [3.63, 3.8) is 0 Å². The Balaban J connectivity index is 1.45. The number of hydrogen-bond donors (Lipinski definition) is 0. The summed E-state index contributed by atoms with van der Waals surface area (Å²) in [5, 5.41) is 4.10. The van der Waals surface area contributed by atoms with Gasteiger partial charge in [-0.05, 0) is 44.7 Å². The van der Waals surface area contributed by atoms with Crippen LogP contribution in [-0.4, -0.2) is 38.6 Å². The lowest BCUT2D eigenvalue weighted by molar-refractivity contribution is -0.139. The molecule has 0 radical (unpaired) electrons. The van der Waals surface area contributed by atoms with Crippen LogP contribution >= 0.6 is 0 Å². The van der Waals surface area contributed by atoms with Crippen molar-refractivity contribution in [1.82, 2.24) is 20.0 Å². The minimum absolute atomic E-state index is 0.0564. The first kappa shape index (κ1) is 15.1. The normalized spacial score (nSPS) is 21.7. The van der Waals surface area contributed by atoms with Gasteiger partial charge in [0.25, 0.3) is 5.91 Å². The van der Waals surface area contributed by atoms with Gasteiger partial charge < -0.3 is 14.2 Å². The van der Waals surface area contributed by atoms with Crippen LogP contribution in [0.15, 0.2) is 29.0 Å². The first-order valence-electron chi connectivity index (χ1n) is 8.43. The number of ether oxygens (including phenoxy) is 1. The number of nitrogens with zero attached hydrogens (tertiary/aromatic N) is 4. The van der Waals surface area contributed by atoms with E-state index in [1.54, 1.807) is 31.5 Å². The van der Waals surface area contributed by atoms with E-state index in [1.807, 2.05) is 4.90 Å². The molecule has 0 unspecified atom stereocenters. The summed E-state index contributed by atoms with van der Waals surface area (Å²) in [4.78, 5) is 23.1. The van der Waals surface area contributed by atoms with Crippen molar-refractivity contribution < 1.29 is 14.1 Å². The molecule has 7 nitrogen and oxygen atoms in total. The maximum atomic E-state index is 12.8. The minimum Gasteiger partial charge on any atom is -0.479 e. The van der Waals surface area contributed by atoms with Gasteiger partial charge in [0, 0.05) is 18.7 Å². The molecule has 2 atom stereocenters. The summed E-state index contributed by atoms with van der Waals surface area (Å²) in [5.74, 6) is 2.29. The van der Waals surface area contributed by atoms with Crippen LogP contribution in [0, 0.1) is 0 Å². The average molecular weight is 328 g/mol. The standard InChI is InChI=1S/C17H20N4O3/c1-11(23-13-4-2-8-18-10-13)17(22)21-9-3-5-14(21)15-19-16(24-20-15)12-6-7-12/h2,4,8,10-12,14H,3,5-7,9H2,1H3/t11-,14+/m0/s1. The van der Waals surface area contributed by atoms with Gasteiger partial charge in [0.1, 0.15) is 5.75 Å². The molecule has 1 aliphatic carbocycles. The van der Waals surface area contributed by atoms with E-state index >= 15 is 0 Å². The summed E-state index contributed by atoms with van der Waals surface area (Å²) in [6, 6.07) is 3.46. The maximum absolute atomic E-state index is 12.8. The number of rotatable bonds is 5. The zero-order valence-corrected chi connectivity index (χ0v) is 13.6. The fraction of sp³-hybridized carbons (Fsp3) is 0.529. The number of likely N-dealkylation sites (tertiary alicyclic amines) is 1. The fourth-order valence-corrected chi connectivity index (χ4v) is 3.08. The molecule has 1 amide bonds. The van der Waals surface area contributed by atoms with Gasteiger partial charge in [-0.3, -0.25) is 9.78 Å². The van der Waals surface area contributed by atoms with Gasteiger partial charge in [-0.15, -0.1) is 0 Å². The quantitative estimate of drug-likeness (QED) is 0.838. The molecule has 1 saturated carbocycles. The SMILES string of the molecule is C[C@H](Oc1cccnc1)C(=O)N1CCC[C@@H]1c1noc(C2CC2)n1. The number of hydrogen-bond acceptors (Lipinski definition) is 6. The van der Waals surface area contributed by atoms with E-state index in [1.165, 1.54) is 0 Å². The summed E-state index contributed by atoms with van der Waals surface area (Å²) < 4.78 is 11.1. The Kier molecular flexibility index (Phi) is 3.92. The van der Waals surface area contributed by atoms with Crippen molar-refractivity contribution >= 4 is 5.91 Å². The second-order valence-electron chi connectivity index (χ2n) is 6.40. The lowest BCUT2D eigenvalue weighted by atomic mass is 10.2. The lowest BCUT2D eigenvalue weighted by Gasteiger charge is -2.25. The van der Waals surface area contributed by atoms with Gasteiger partial charge in [0.05, 0.1) is 12.2 Å². The van der Waals surface area contributed by atoms with Crippen molar-refractivity contribution in [3.8, 4) is 5.75 Å². The maximum Gasteiger partial charge on any atom is 0.263 e. The van der Waals surface area contributed by atoms with E-state index in [0.717, 1.165) is 25.7 Å². The molecule has 7 heteroatoms. The number of carbonyl (C=O) groups excluding carboxylic acids is 1. The van der Waals surface area contributed by atoms with Crippen molar-refractivity contribution in [2.75, 3.05) is 6.54 Å². The molecular formula is C17H20N4O3. The second-order valence-corrected chi connectivity index (χ2v) is 6.40. The Bertz CT molecular complexity index is 714. The third-order valence-electron chi connectivity index (χ3n) is 4.51. The van der Waals surface area contributed by atoms with Crippen LogP contribution in [0.1, 0.15) is 56.3 Å². The van der Waals surface area contributed by atoms with Crippen LogP contribution in [0.3, 0.4) is 0 Å². The van der Waals surface area contributed by atoms with Crippen molar-refractivity contribution in [1.29, 1.82) is 0 Å². The highest BCUT2D eigenvalue weighted by molar-refractivity contribution is 5.81. The minimum atomic E-state index is -0.579. The largest absolute Gasteiger partial charge is 0.479 e. The van der Waals surface area contributed by atoms with Crippen LogP contribution in [0.25, 0.3) is 0 Å². The number of pyridine rings is 1. The predicted molar refractivity (Wildman–Crippen MR) is 84.3 cm³/mol. The Labute approximate surface area is 140 Å². The van der Waals surface area contributed by atoms with Gasteiger partial charge in [0.15, 0.2) is 11.9 Å². The highest BCUT2D eigenvalue weighted by Crippen LogP contribution is 2.40. The molecule has 0 bridgehead atoms. The molecule has 2 aliphatic rings. The highest BCUT2D eigenvalue weighted by atomic mass is 16.5. The van der Waals surface area contributed by atoms with Crippen molar-refractivity contribution in [3.05, 3.63) is 36.2 Å². The molecule has 0 N–H and O–H groups in total. The monoisotopic (exact) mass is 328 g/mol. The molecule has 3 heterocycles. The average Bonchev–Trinajstić information content (AvgIpc) is 3.14. The first-order valence-corrected chi connectivity index (χ1v) is 8.43. The molecule has 24 heavy (non-hydrogen) atoms. The summed E-state index contributed by atoms with van der Waals surface area (Å²) in [5.41, 5.74) is 0. The molecule has 4 rings (SSSR count). The topological polar surface area (TPSA) is 81.4 Å². The molecule has 0 spiro atoms. The van der Waals surface area contributed by atoms with Crippen molar-refractivity contribution in [2.24, 2.45) is 0 Å². The van der Waals surface area contributed by atoms with Gasteiger partial charge in [-0.1, -0.05) is 5.16 Å². The summed E-state index contributed by atoms with van der Waals surface area (Å²) in [7, 11) is 0. The molecule has 1 aliphatic heterocycles. The molecule has 2 aromatic rings. The van der Waals surface area contributed by atoms with E-state index in [0.29, 0.717) is 29.9 Å². The van der Waals surface area contributed by atoms with E-state index in [4.69, 9.17) is 9.26 Å². The number of carbonyl (C=O) groups is 1. The Hall–Kier alpha value is -2.44. The van der Waals surface area contributed by atoms with E-state index in [2.05, 4.69) is 15.1 Å². The van der Waals surface area contributed by atoms with E-state index in [-0.39, 0.29) is 11.9 Å². The van der Waals surface area contributed by atoms with Gasteiger partial charge in [-0.2, -0.15) is 4.98 Å². The third-order valence-corrected chi connectivity index (χ3v) is 4.51. The predicted octanol–water partition coefficient (Wildman–Crippen LogP) is 2.47. The van der Waals surface area contributed by atoms with Gasteiger partial charge in [-0.25, -0.2) is 0 Å². The second kappa shape index (κ2) is 6.22. The summed E-state index contributed by atoms with van der Waals surface area (Å²) in [6.45, 7) is 2.45. The Morgan fingerprint density at radius 2 is 2.29 bits per heavy atom. The lowest BCUT2D eigenvalue weighted by Crippen LogP contribution is -2.40. The zero-order chi connectivity index (χ0) is 16.5. The van der Waals surface area contributed by atoms with Crippen LogP contribution in [0.4, 0.5) is 0 Å². The zero-order valence-electron chi connectivity index (χ0n) is 13.6. The van der Waals surface area contributed by atoms with Crippen LogP contribution in [0.5, 0.6) is 5.75 Å². The molecule has 2 fully saturated rings. The molecule has 1 saturated heterocycles. The summed E-state index contributed by atoms with van der Waals surface area (Å²) in [6.07, 6.45) is 6.72. The molecule has 0 aromatic carbocycles. The van der Waals surface area contributed by atoms with Gasteiger partial charge in [0.2, 0.25) is 5.89 Å². The molecule has 126 valence electrons. The summed E-state index contributed by atoms with van der Waals surface area (Å²) >= 11 is 0. The molecule has 2 aromatic heterocycles. The van der Waals surface area contributed by atoms with E-state index < -0.39 is 6.10 Å². The Morgan fingerprint density at radius 3 is 3.04 bits per heavy atom. The smallest absolute Gasteiger partial charge is 0.263 e. The number of amides is 1.